The van der Waals surface area contributed by atoms with Crippen molar-refractivity contribution in [3.63, 3.8) is 0 Å². The summed E-state index contributed by atoms with van der Waals surface area (Å²) in [4.78, 5) is 11.7. The molecule has 1 aromatic carbocycles. The number of alkyl halides is 2. The SMILES string of the molecule is NCC#Cc1ccc(Cl)cc1NC(=O)CCOCC(F)F. The number of carbonyl (C=O) groups is 1. The zero-order chi connectivity index (χ0) is 15.7. The molecule has 7 heteroatoms. The third-order valence-electron chi connectivity index (χ3n) is 2.30. The molecule has 1 amide bonds. The second-order valence-electron chi connectivity index (χ2n) is 3.96. The van der Waals surface area contributed by atoms with E-state index in [2.05, 4.69) is 21.9 Å². The normalized spacial score (nSPS) is 10.1. The van der Waals surface area contributed by atoms with Gasteiger partial charge in [-0.05, 0) is 18.2 Å². The molecule has 0 fully saturated rings. The van der Waals surface area contributed by atoms with E-state index in [1.54, 1.807) is 18.2 Å². The van der Waals surface area contributed by atoms with Gasteiger partial charge >= 0.3 is 0 Å². The number of carbonyl (C=O) groups excluding carboxylic acids is 1. The van der Waals surface area contributed by atoms with Crippen LogP contribution in [0.15, 0.2) is 18.2 Å². The van der Waals surface area contributed by atoms with Crippen molar-refractivity contribution in [3.8, 4) is 11.8 Å². The number of nitrogens with two attached hydrogens (primary N) is 1. The quantitative estimate of drug-likeness (QED) is 0.625. The van der Waals surface area contributed by atoms with Crippen molar-refractivity contribution in [2.24, 2.45) is 5.73 Å². The number of ether oxygens (including phenoxy) is 1. The highest BCUT2D eigenvalue weighted by Gasteiger charge is 2.08. The fraction of sp³-hybridized carbons (Fsp3) is 0.357. The van der Waals surface area contributed by atoms with Crippen LogP contribution in [0.1, 0.15) is 12.0 Å². The van der Waals surface area contributed by atoms with Gasteiger partial charge in [0.1, 0.15) is 6.61 Å². The number of anilines is 1. The van der Waals surface area contributed by atoms with Crippen LogP contribution in [-0.2, 0) is 9.53 Å². The molecule has 0 aromatic heterocycles. The van der Waals surface area contributed by atoms with Gasteiger partial charge in [-0.3, -0.25) is 4.79 Å². The molecule has 0 saturated carbocycles. The van der Waals surface area contributed by atoms with Crippen LogP contribution in [0.4, 0.5) is 14.5 Å². The summed E-state index contributed by atoms with van der Waals surface area (Å²) in [5.74, 6) is 5.11. The molecule has 0 bridgehead atoms. The minimum atomic E-state index is -2.54. The molecule has 0 unspecified atom stereocenters. The molecular formula is C14H15ClF2N2O2. The van der Waals surface area contributed by atoms with Gasteiger partial charge in [0.25, 0.3) is 6.43 Å². The molecular weight excluding hydrogens is 302 g/mol. The van der Waals surface area contributed by atoms with Crippen molar-refractivity contribution < 1.29 is 18.3 Å². The maximum absolute atomic E-state index is 11.9. The van der Waals surface area contributed by atoms with Gasteiger partial charge in [-0.2, -0.15) is 0 Å². The standard InChI is InChI=1S/C14H15ClF2N2O2/c15-11-4-3-10(2-1-6-18)12(8-11)19-14(20)5-7-21-9-13(16)17/h3-4,8,13H,5-7,9,18H2,(H,19,20). The van der Waals surface area contributed by atoms with E-state index in [0.717, 1.165) is 0 Å². The summed E-state index contributed by atoms with van der Waals surface area (Å²) in [5.41, 5.74) is 6.32. The van der Waals surface area contributed by atoms with Crippen LogP contribution >= 0.6 is 11.6 Å². The Morgan fingerprint density at radius 1 is 1.48 bits per heavy atom. The molecule has 0 saturated heterocycles. The number of benzene rings is 1. The molecule has 1 aromatic rings. The Labute approximate surface area is 126 Å². The van der Waals surface area contributed by atoms with Crippen molar-refractivity contribution in [1.29, 1.82) is 0 Å². The maximum atomic E-state index is 11.9. The molecule has 114 valence electrons. The van der Waals surface area contributed by atoms with E-state index in [9.17, 15) is 13.6 Å². The summed E-state index contributed by atoms with van der Waals surface area (Å²) in [6.45, 7) is -0.574. The first-order valence-electron chi connectivity index (χ1n) is 6.17. The predicted octanol–water partition coefficient (Wildman–Crippen LogP) is 2.26. The van der Waals surface area contributed by atoms with Crippen LogP contribution in [0, 0.1) is 11.8 Å². The number of rotatable bonds is 6. The lowest BCUT2D eigenvalue weighted by Gasteiger charge is -2.08. The molecule has 0 spiro atoms. The highest BCUT2D eigenvalue weighted by Crippen LogP contribution is 2.20. The summed E-state index contributed by atoms with van der Waals surface area (Å²) in [5, 5.41) is 3.06. The van der Waals surface area contributed by atoms with Crippen LogP contribution < -0.4 is 11.1 Å². The number of nitrogens with one attached hydrogen (secondary N) is 1. The summed E-state index contributed by atoms with van der Waals surface area (Å²) in [7, 11) is 0. The Morgan fingerprint density at radius 3 is 2.90 bits per heavy atom. The van der Waals surface area contributed by atoms with Gasteiger partial charge in [-0.25, -0.2) is 8.78 Å². The molecule has 0 heterocycles. The highest BCUT2D eigenvalue weighted by molar-refractivity contribution is 6.31. The first kappa shape index (κ1) is 17.4. The van der Waals surface area contributed by atoms with Crippen LogP contribution in [0.3, 0.4) is 0 Å². The van der Waals surface area contributed by atoms with E-state index < -0.39 is 13.0 Å². The molecule has 3 N–H and O–H groups in total. The Bertz CT molecular complexity index is 542. The van der Waals surface area contributed by atoms with Crippen molar-refractivity contribution in [2.45, 2.75) is 12.8 Å². The maximum Gasteiger partial charge on any atom is 0.261 e. The predicted molar refractivity (Wildman–Crippen MR) is 77.5 cm³/mol. The second kappa shape index (κ2) is 9.29. The number of hydrogen-bond donors (Lipinski definition) is 2. The first-order valence-corrected chi connectivity index (χ1v) is 6.55. The molecule has 1 rings (SSSR count). The van der Waals surface area contributed by atoms with Gasteiger partial charge in [0.2, 0.25) is 5.91 Å². The number of halogens is 3. The third kappa shape index (κ3) is 7.04. The lowest BCUT2D eigenvalue weighted by molar-refractivity contribution is -0.117. The lowest BCUT2D eigenvalue weighted by atomic mass is 10.1. The smallest absolute Gasteiger partial charge is 0.261 e. The summed E-state index contributed by atoms with van der Waals surface area (Å²) in [6, 6.07) is 4.86. The fourth-order valence-electron chi connectivity index (χ4n) is 1.43. The average molecular weight is 317 g/mol. The lowest BCUT2D eigenvalue weighted by Crippen LogP contribution is -2.16. The van der Waals surface area contributed by atoms with E-state index >= 15 is 0 Å². The molecule has 0 radical (unpaired) electrons. The number of amides is 1. The summed E-state index contributed by atoms with van der Waals surface area (Å²) >= 11 is 5.86. The fourth-order valence-corrected chi connectivity index (χ4v) is 1.60. The van der Waals surface area contributed by atoms with Crippen molar-refractivity contribution in [3.05, 3.63) is 28.8 Å². The highest BCUT2D eigenvalue weighted by atomic mass is 35.5. The number of hydrogen-bond acceptors (Lipinski definition) is 3. The average Bonchev–Trinajstić information content (AvgIpc) is 2.42. The van der Waals surface area contributed by atoms with Gasteiger partial charge in [0.15, 0.2) is 0 Å². The third-order valence-corrected chi connectivity index (χ3v) is 2.53. The molecule has 21 heavy (non-hydrogen) atoms. The molecule has 0 aliphatic heterocycles. The Kier molecular flexibility index (Phi) is 7.69. The first-order chi connectivity index (χ1) is 10.0. The second-order valence-corrected chi connectivity index (χ2v) is 4.40. The van der Waals surface area contributed by atoms with Crippen molar-refractivity contribution in [2.75, 3.05) is 25.1 Å². The topological polar surface area (TPSA) is 64.3 Å². The van der Waals surface area contributed by atoms with Crippen LogP contribution in [-0.4, -0.2) is 32.1 Å². The van der Waals surface area contributed by atoms with E-state index in [-0.39, 0.29) is 25.5 Å². The van der Waals surface area contributed by atoms with Crippen LogP contribution in [0.2, 0.25) is 5.02 Å². The molecule has 0 aliphatic carbocycles. The Morgan fingerprint density at radius 2 is 2.24 bits per heavy atom. The zero-order valence-electron chi connectivity index (χ0n) is 11.2. The monoisotopic (exact) mass is 316 g/mol. The van der Waals surface area contributed by atoms with Crippen molar-refractivity contribution in [1.82, 2.24) is 0 Å². The zero-order valence-corrected chi connectivity index (χ0v) is 11.9. The molecule has 0 aliphatic rings. The largest absolute Gasteiger partial charge is 0.375 e. The Hall–Kier alpha value is -1.68. The molecule has 0 atom stereocenters. The summed E-state index contributed by atoms with van der Waals surface area (Å²) in [6.07, 6.45) is -2.58. The Balaban J connectivity index is 2.60. The van der Waals surface area contributed by atoms with E-state index in [0.29, 0.717) is 16.3 Å². The van der Waals surface area contributed by atoms with Crippen LogP contribution in [0.5, 0.6) is 0 Å². The minimum absolute atomic E-state index is 0.0387. The van der Waals surface area contributed by atoms with Crippen LogP contribution in [0.25, 0.3) is 0 Å². The van der Waals surface area contributed by atoms with E-state index in [4.69, 9.17) is 17.3 Å². The van der Waals surface area contributed by atoms with Gasteiger partial charge in [0, 0.05) is 10.6 Å². The van der Waals surface area contributed by atoms with Gasteiger partial charge in [-0.1, -0.05) is 23.4 Å². The summed E-state index contributed by atoms with van der Waals surface area (Å²) < 4.78 is 28.4. The molecule has 4 nitrogen and oxygen atoms in total. The van der Waals surface area contributed by atoms with Crippen molar-refractivity contribution >= 4 is 23.2 Å². The van der Waals surface area contributed by atoms with Gasteiger partial charge in [0.05, 0.1) is 25.3 Å². The van der Waals surface area contributed by atoms with E-state index in [1.165, 1.54) is 0 Å². The van der Waals surface area contributed by atoms with Gasteiger partial charge < -0.3 is 15.8 Å². The minimum Gasteiger partial charge on any atom is -0.375 e. The van der Waals surface area contributed by atoms with Gasteiger partial charge in [-0.15, -0.1) is 0 Å². The van der Waals surface area contributed by atoms with E-state index in [1.807, 2.05) is 0 Å².